The number of morpholine rings is 1. The van der Waals surface area contributed by atoms with Crippen LogP contribution in [0.15, 0.2) is 58.2 Å². The van der Waals surface area contributed by atoms with Crippen molar-refractivity contribution >= 4 is 29.1 Å². The van der Waals surface area contributed by atoms with Gasteiger partial charge in [0.15, 0.2) is 10.8 Å². The van der Waals surface area contributed by atoms with E-state index in [1.165, 1.54) is 30.6 Å². The van der Waals surface area contributed by atoms with Gasteiger partial charge in [0.05, 0.1) is 25.4 Å². The Kier molecular flexibility index (Phi) is 8.36. The van der Waals surface area contributed by atoms with Crippen molar-refractivity contribution < 1.29 is 37.3 Å². The largest absolute Gasteiger partial charge is 0.478 e. The molecule has 0 radical (unpaired) electrons. The van der Waals surface area contributed by atoms with Crippen molar-refractivity contribution in [2.45, 2.75) is 18.6 Å². The van der Waals surface area contributed by atoms with Crippen molar-refractivity contribution in [3.05, 3.63) is 75.1 Å². The Morgan fingerprint density at radius 1 is 1.41 bits per heavy atom. The molecule has 1 fully saturated rings. The van der Waals surface area contributed by atoms with Gasteiger partial charge in [-0.2, -0.15) is 0 Å². The monoisotopic (exact) mass is 536 g/mol. The summed E-state index contributed by atoms with van der Waals surface area (Å²) in [5.74, 6) is -2.46. The van der Waals surface area contributed by atoms with Crippen LogP contribution >= 0.6 is 11.3 Å². The zero-order valence-corrected chi connectivity index (χ0v) is 20.4. The third-order valence-corrected chi connectivity index (χ3v) is 6.54. The van der Waals surface area contributed by atoms with Gasteiger partial charge in [0, 0.05) is 48.5 Å². The molecule has 0 aliphatic carbocycles. The van der Waals surface area contributed by atoms with Gasteiger partial charge >= 0.3 is 11.9 Å². The Bertz CT molecular complexity index is 1250. The molecule has 2 atom stereocenters. The molecule has 2 N–H and O–H groups in total. The first kappa shape index (κ1) is 26.5. The lowest BCUT2D eigenvalue weighted by atomic mass is 9.91. The maximum atomic E-state index is 13.9. The summed E-state index contributed by atoms with van der Waals surface area (Å²) in [4.78, 5) is 34.6. The van der Waals surface area contributed by atoms with Crippen LogP contribution in [0.3, 0.4) is 0 Å². The third kappa shape index (κ3) is 6.24. The first-order valence-electron chi connectivity index (χ1n) is 11.2. The van der Waals surface area contributed by atoms with Crippen LogP contribution in [0.1, 0.15) is 28.6 Å². The second-order valence-electron chi connectivity index (χ2n) is 8.14. The summed E-state index contributed by atoms with van der Waals surface area (Å²) >= 11 is 1.26. The number of thiazole rings is 1. The average molecular weight is 537 g/mol. The number of halogens is 3. The number of carboxylic acid groups (broad SMARTS) is 1. The molecule has 4 rings (SSSR count). The Morgan fingerprint density at radius 3 is 2.89 bits per heavy atom. The Hall–Kier alpha value is -3.55. The predicted molar refractivity (Wildman–Crippen MR) is 128 cm³/mol. The first-order valence-corrected chi connectivity index (χ1v) is 12.0. The molecule has 0 unspecified atom stereocenters. The fraction of sp³-hybridized carbons (Fsp3) is 0.333. The van der Waals surface area contributed by atoms with E-state index in [4.69, 9.17) is 14.6 Å². The summed E-state index contributed by atoms with van der Waals surface area (Å²) in [6.45, 7) is 1.23. The number of benzene rings is 1. The molecule has 1 saturated heterocycles. The number of carboxylic acids is 1. The number of carbonyl (C=O) groups is 2. The lowest BCUT2D eigenvalue weighted by Crippen LogP contribution is -2.46. The standard InChI is InChI=1S/C24H23F3N4O5S/c1-35-24(34)19-17(12-31-7-8-36-14(11-31)3-5-18(32)33)29-22(23-28-6-9-37-23)30-20(19)15-4-2-13(25)10-16(15)21(26)27/h2-6,9-10,14,20-21H,7-8,11-12H2,1H3,(H,29,30)(H,32,33)/b5-3+/t14-,20+/m1/s1. The van der Waals surface area contributed by atoms with Crippen molar-refractivity contribution in [2.75, 3.05) is 33.4 Å². The van der Waals surface area contributed by atoms with Crippen LogP contribution in [0.5, 0.6) is 0 Å². The lowest BCUT2D eigenvalue weighted by molar-refractivity contribution is -0.136. The smallest absolute Gasteiger partial charge is 0.338 e. The number of aromatic nitrogens is 1. The molecular weight excluding hydrogens is 513 g/mol. The molecular formula is C24H23F3N4O5S. The molecule has 9 nitrogen and oxygen atoms in total. The molecule has 0 spiro atoms. The molecule has 2 aliphatic heterocycles. The zero-order chi connectivity index (χ0) is 26.5. The van der Waals surface area contributed by atoms with Gasteiger partial charge in [-0.05, 0) is 23.8 Å². The fourth-order valence-corrected chi connectivity index (χ4v) is 4.72. The van der Waals surface area contributed by atoms with Gasteiger partial charge in [-0.25, -0.2) is 27.7 Å². The van der Waals surface area contributed by atoms with Crippen LogP contribution < -0.4 is 5.32 Å². The summed E-state index contributed by atoms with van der Waals surface area (Å²) in [5.41, 5.74) is -0.265. The van der Waals surface area contributed by atoms with E-state index in [0.717, 1.165) is 18.2 Å². The minimum absolute atomic E-state index is 0.000402. The summed E-state index contributed by atoms with van der Waals surface area (Å²) in [6, 6.07) is 1.75. The van der Waals surface area contributed by atoms with Gasteiger partial charge < -0.3 is 19.9 Å². The number of nitrogens with one attached hydrogen (secondary N) is 1. The lowest BCUT2D eigenvalue weighted by Gasteiger charge is -2.34. The van der Waals surface area contributed by atoms with Gasteiger partial charge in [0.2, 0.25) is 0 Å². The first-order chi connectivity index (χ1) is 17.8. The molecule has 1 aromatic heterocycles. The molecule has 3 heterocycles. The van der Waals surface area contributed by atoms with E-state index in [1.807, 2.05) is 4.90 Å². The SMILES string of the molecule is COC(=O)C1=C(CN2CCO[C@H](/C=C/C(=O)O)C2)NC(c2nccs2)=N[C@H]1c1ccc(F)cc1C(F)F. The van der Waals surface area contributed by atoms with Crippen LogP contribution in [-0.2, 0) is 19.1 Å². The molecule has 196 valence electrons. The Morgan fingerprint density at radius 2 is 2.22 bits per heavy atom. The van der Waals surface area contributed by atoms with Gasteiger partial charge in [-0.1, -0.05) is 6.07 Å². The predicted octanol–water partition coefficient (Wildman–Crippen LogP) is 3.08. The number of alkyl halides is 2. The number of ether oxygens (including phenoxy) is 2. The van der Waals surface area contributed by atoms with Crippen molar-refractivity contribution in [3.63, 3.8) is 0 Å². The highest BCUT2D eigenvalue weighted by molar-refractivity contribution is 7.11. The van der Waals surface area contributed by atoms with E-state index >= 15 is 0 Å². The van der Waals surface area contributed by atoms with Gasteiger partial charge in [-0.15, -0.1) is 11.3 Å². The normalized spacial score (nSPS) is 20.7. The summed E-state index contributed by atoms with van der Waals surface area (Å²) < 4.78 is 52.4. The van der Waals surface area contributed by atoms with Gasteiger partial charge in [0.25, 0.3) is 6.43 Å². The van der Waals surface area contributed by atoms with Gasteiger partial charge in [-0.3, -0.25) is 9.89 Å². The van der Waals surface area contributed by atoms with E-state index in [0.29, 0.717) is 30.4 Å². The quantitative estimate of drug-likeness (QED) is 0.391. The number of aliphatic carboxylic acids is 1. The minimum atomic E-state index is -3.01. The van der Waals surface area contributed by atoms with Crippen LogP contribution in [0, 0.1) is 5.82 Å². The van der Waals surface area contributed by atoms with Crippen LogP contribution in [-0.4, -0.2) is 72.2 Å². The molecule has 37 heavy (non-hydrogen) atoms. The second kappa shape index (κ2) is 11.7. The number of aliphatic imine (C=N–C) groups is 1. The molecule has 2 aromatic rings. The molecule has 2 aliphatic rings. The number of esters is 1. The van der Waals surface area contributed by atoms with Crippen molar-refractivity contribution in [1.82, 2.24) is 15.2 Å². The topological polar surface area (TPSA) is 113 Å². The second-order valence-corrected chi connectivity index (χ2v) is 9.04. The number of carbonyl (C=O) groups excluding carboxylic acids is 1. The number of hydrogen-bond donors (Lipinski definition) is 2. The van der Waals surface area contributed by atoms with E-state index < -0.39 is 41.9 Å². The zero-order valence-electron chi connectivity index (χ0n) is 19.6. The van der Waals surface area contributed by atoms with Gasteiger partial charge in [0.1, 0.15) is 11.9 Å². The minimum Gasteiger partial charge on any atom is -0.478 e. The molecule has 0 saturated carbocycles. The maximum absolute atomic E-state index is 13.9. The van der Waals surface area contributed by atoms with E-state index in [2.05, 4.69) is 15.3 Å². The Balaban J connectivity index is 1.77. The highest BCUT2D eigenvalue weighted by Crippen LogP contribution is 2.38. The third-order valence-electron chi connectivity index (χ3n) is 5.76. The van der Waals surface area contributed by atoms with Crippen molar-refractivity contribution in [1.29, 1.82) is 0 Å². The van der Waals surface area contributed by atoms with Crippen molar-refractivity contribution in [3.8, 4) is 0 Å². The summed E-state index contributed by atoms with van der Waals surface area (Å²) in [7, 11) is 1.17. The van der Waals surface area contributed by atoms with E-state index in [1.54, 1.807) is 11.6 Å². The van der Waals surface area contributed by atoms with Crippen LogP contribution in [0.4, 0.5) is 13.2 Å². The number of rotatable bonds is 8. The summed E-state index contributed by atoms with van der Waals surface area (Å²) in [5, 5.41) is 14.2. The van der Waals surface area contributed by atoms with Crippen molar-refractivity contribution in [2.24, 2.45) is 4.99 Å². The van der Waals surface area contributed by atoms with Crippen LogP contribution in [0.25, 0.3) is 0 Å². The molecule has 13 heteroatoms. The highest BCUT2D eigenvalue weighted by atomic mass is 32.1. The maximum Gasteiger partial charge on any atom is 0.338 e. The number of nitrogens with zero attached hydrogens (tertiary/aromatic N) is 3. The number of hydrogen-bond acceptors (Lipinski definition) is 9. The molecule has 0 amide bonds. The number of methoxy groups -OCH3 is 1. The molecule has 1 aromatic carbocycles. The summed E-state index contributed by atoms with van der Waals surface area (Å²) in [6.07, 6.45) is 0.471. The molecule has 0 bridgehead atoms. The average Bonchev–Trinajstić information content (AvgIpc) is 3.42. The van der Waals surface area contributed by atoms with Crippen LogP contribution in [0.2, 0.25) is 0 Å². The van der Waals surface area contributed by atoms with E-state index in [9.17, 15) is 22.8 Å². The number of amidine groups is 1. The van der Waals surface area contributed by atoms with E-state index in [-0.39, 0.29) is 23.5 Å². The fourth-order valence-electron chi connectivity index (χ4n) is 4.13. The highest BCUT2D eigenvalue weighted by Gasteiger charge is 2.36. The Labute approximate surface area is 213 Å².